The van der Waals surface area contributed by atoms with Gasteiger partial charge in [-0.25, -0.2) is 4.39 Å². The molecule has 16 heavy (non-hydrogen) atoms. The van der Waals surface area contributed by atoms with Gasteiger partial charge in [0.05, 0.1) is 6.61 Å². The predicted molar refractivity (Wildman–Crippen MR) is 67.1 cm³/mol. The molecule has 1 rings (SSSR count). The van der Waals surface area contributed by atoms with Gasteiger partial charge in [0.2, 0.25) is 0 Å². The van der Waals surface area contributed by atoms with Gasteiger partial charge in [-0.05, 0) is 30.9 Å². The van der Waals surface area contributed by atoms with E-state index in [1.54, 1.807) is 17.8 Å². The maximum Gasteiger partial charge on any atom is 0.123 e. The molecule has 0 saturated carbocycles. The van der Waals surface area contributed by atoms with Crippen molar-refractivity contribution in [1.29, 1.82) is 0 Å². The molecule has 0 spiro atoms. The van der Waals surface area contributed by atoms with Gasteiger partial charge in [-0.2, -0.15) is 11.8 Å². The number of rotatable bonds is 6. The Bertz CT molecular complexity index is 318. The standard InChI is InChI=1S/C12H18FNOS/c1-9(12(8-15)16-2)14-7-10-4-3-5-11(13)6-10/h3-6,9,12,14-15H,7-8H2,1-2H3. The van der Waals surface area contributed by atoms with E-state index in [2.05, 4.69) is 5.32 Å². The monoisotopic (exact) mass is 243 g/mol. The van der Waals surface area contributed by atoms with E-state index in [9.17, 15) is 4.39 Å². The molecule has 0 aromatic heterocycles. The summed E-state index contributed by atoms with van der Waals surface area (Å²) in [7, 11) is 0. The zero-order valence-corrected chi connectivity index (χ0v) is 10.4. The van der Waals surface area contributed by atoms with Crippen LogP contribution in [-0.4, -0.2) is 29.3 Å². The highest BCUT2D eigenvalue weighted by molar-refractivity contribution is 7.99. The molecule has 0 heterocycles. The molecule has 0 aliphatic carbocycles. The molecular formula is C12H18FNOS. The molecule has 0 aliphatic heterocycles. The zero-order valence-electron chi connectivity index (χ0n) is 9.61. The summed E-state index contributed by atoms with van der Waals surface area (Å²) in [6, 6.07) is 6.74. The van der Waals surface area contributed by atoms with Crippen molar-refractivity contribution in [3.63, 3.8) is 0 Å². The summed E-state index contributed by atoms with van der Waals surface area (Å²) in [5.41, 5.74) is 0.921. The predicted octanol–water partition coefficient (Wildman–Crippen LogP) is 2.03. The van der Waals surface area contributed by atoms with Crippen molar-refractivity contribution in [2.24, 2.45) is 0 Å². The van der Waals surface area contributed by atoms with Crippen LogP contribution in [0.1, 0.15) is 12.5 Å². The minimum atomic E-state index is -0.212. The Balaban J connectivity index is 2.45. The first kappa shape index (κ1) is 13.5. The highest BCUT2D eigenvalue weighted by Crippen LogP contribution is 2.11. The third kappa shape index (κ3) is 4.12. The quantitative estimate of drug-likeness (QED) is 0.802. The van der Waals surface area contributed by atoms with E-state index < -0.39 is 0 Å². The third-order valence-electron chi connectivity index (χ3n) is 2.56. The lowest BCUT2D eigenvalue weighted by Crippen LogP contribution is -2.37. The summed E-state index contributed by atoms with van der Waals surface area (Å²) in [5, 5.41) is 12.6. The number of halogens is 1. The van der Waals surface area contributed by atoms with Gasteiger partial charge in [-0.1, -0.05) is 12.1 Å². The van der Waals surface area contributed by atoms with E-state index >= 15 is 0 Å². The molecular weight excluding hydrogens is 225 g/mol. The zero-order chi connectivity index (χ0) is 12.0. The minimum absolute atomic E-state index is 0.151. The first-order valence-electron chi connectivity index (χ1n) is 5.29. The van der Waals surface area contributed by atoms with E-state index in [1.807, 2.05) is 19.2 Å². The maximum atomic E-state index is 12.9. The summed E-state index contributed by atoms with van der Waals surface area (Å²) in [6.07, 6.45) is 1.97. The molecule has 0 radical (unpaired) electrons. The Kier molecular flexibility index (Phi) is 5.80. The van der Waals surface area contributed by atoms with Crippen molar-refractivity contribution >= 4 is 11.8 Å². The van der Waals surface area contributed by atoms with E-state index in [-0.39, 0.29) is 23.7 Å². The summed E-state index contributed by atoms with van der Waals surface area (Å²) in [6.45, 7) is 2.80. The van der Waals surface area contributed by atoms with Crippen LogP contribution in [-0.2, 0) is 6.54 Å². The van der Waals surface area contributed by atoms with Crippen molar-refractivity contribution in [1.82, 2.24) is 5.32 Å². The minimum Gasteiger partial charge on any atom is -0.395 e. The Morgan fingerprint density at radius 1 is 1.50 bits per heavy atom. The highest BCUT2D eigenvalue weighted by Gasteiger charge is 2.14. The van der Waals surface area contributed by atoms with Gasteiger partial charge < -0.3 is 10.4 Å². The average molecular weight is 243 g/mol. The van der Waals surface area contributed by atoms with Gasteiger partial charge >= 0.3 is 0 Å². The highest BCUT2D eigenvalue weighted by atomic mass is 32.2. The first-order valence-corrected chi connectivity index (χ1v) is 6.57. The van der Waals surface area contributed by atoms with E-state index in [0.29, 0.717) is 6.54 Å². The second kappa shape index (κ2) is 6.89. The van der Waals surface area contributed by atoms with Crippen LogP contribution in [0.15, 0.2) is 24.3 Å². The number of benzene rings is 1. The van der Waals surface area contributed by atoms with Crippen molar-refractivity contribution in [2.45, 2.75) is 24.8 Å². The van der Waals surface area contributed by atoms with Crippen LogP contribution in [0.3, 0.4) is 0 Å². The number of hydrogen-bond acceptors (Lipinski definition) is 3. The normalized spacial score (nSPS) is 14.8. The number of aliphatic hydroxyl groups excluding tert-OH is 1. The van der Waals surface area contributed by atoms with Crippen LogP contribution in [0.2, 0.25) is 0 Å². The van der Waals surface area contributed by atoms with Gasteiger partial charge in [-0.3, -0.25) is 0 Å². The summed E-state index contributed by atoms with van der Waals surface area (Å²) >= 11 is 1.63. The molecule has 2 nitrogen and oxygen atoms in total. The van der Waals surface area contributed by atoms with E-state index in [4.69, 9.17) is 5.11 Å². The Morgan fingerprint density at radius 2 is 2.25 bits per heavy atom. The fraction of sp³-hybridized carbons (Fsp3) is 0.500. The van der Waals surface area contributed by atoms with Gasteiger partial charge in [0.1, 0.15) is 5.82 Å². The van der Waals surface area contributed by atoms with Crippen LogP contribution >= 0.6 is 11.8 Å². The van der Waals surface area contributed by atoms with Crippen molar-refractivity contribution in [3.8, 4) is 0 Å². The number of hydrogen-bond donors (Lipinski definition) is 2. The fourth-order valence-electron chi connectivity index (χ4n) is 1.49. The molecule has 1 aromatic carbocycles. The molecule has 2 N–H and O–H groups in total. The van der Waals surface area contributed by atoms with Crippen molar-refractivity contribution < 1.29 is 9.50 Å². The molecule has 0 amide bonds. The Labute approximate surface area is 100 Å². The molecule has 1 aromatic rings. The summed E-state index contributed by atoms with van der Waals surface area (Å²) in [5.74, 6) is -0.212. The van der Waals surface area contributed by atoms with Crippen LogP contribution in [0, 0.1) is 5.82 Å². The van der Waals surface area contributed by atoms with Gasteiger partial charge in [-0.15, -0.1) is 0 Å². The first-order chi connectivity index (χ1) is 7.67. The topological polar surface area (TPSA) is 32.3 Å². The fourth-order valence-corrected chi connectivity index (χ4v) is 2.15. The average Bonchev–Trinajstić information content (AvgIpc) is 2.28. The van der Waals surface area contributed by atoms with Gasteiger partial charge in [0.25, 0.3) is 0 Å². The lowest BCUT2D eigenvalue weighted by atomic mass is 10.2. The molecule has 2 unspecified atom stereocenters. The van der Waals surface area contributed by atoms with Crippen LogP contribution in [0.4, 0.5) is 4.39 Å². The van der Waals surface area contributed by atoms with Crippen LogP contribution in [0.25, 0.3) is 0 Å². The SMILES string of the molecule is CSC(CO)C(C)NCc1cccc(F)c1. The van der Waals surface area contributed by atoms with Gasteiger partial charge in [0, 0.05) is 17.8 Å². The molecule has 0 fully saturated rings. The molecule has 90 valence electrons. The lowest BCUT2D eigenvalue weighted by molar-refractivity contribution is 0.276. The summed E-state index contributed by atoms with van der Waals surface area (Å²) < 4.78 is 12.9. The van der Waals surface area contributed by atoms with Crippen molar-refractivity contribution in [2.75, 3.05) is 12.9 Å². The molecule has 4 heteroatoms. The molecule has 0 saturated heterocycles. The second-order valence-corrected chi connectivity index (χ2v) is 4.83. The lowest BCUT2D eigenvalue weighted by Gasteiger charge is -2.21. The van der Waals surface area contributed by atoms with Gasteiger partial charge in [0.15, 0.2) is 0 Å². The maximum absolute atomic E-state index is 12.9. The smallest absolute Gasteiger partial charge is 0.123 e. The number of aliphatic hydroxyl groups is 1. The number of nitrogens with one attached hydrogen (secondary N) is 1. The second-order valence-electron chi connectivity index (χ2n) is 3.76. The molecule has 0 bridgehead atoms. The van der Waals surface area contributed by atoms with Crippen molar-refractivity contribution in [3.05, 3.63) is 35.6 Å². The molecule has 0 aliphatic rings. The Morgan fingerprint density at radius 3 is 2.81 bits per heavy atom. The van der Waals surface area contributed by atoms with E-state index in [0.717, 1.165) is 5.56 Å². The number of thioether (sulfide) groups is 1. The van der Waals surface area contributed by atoms with Crippen LogP contribution in [0.5, 0.6) is 0 Å². The summed E-state index contributed by atoms with van der Waals surface area (Å²) in [4.78, 5) is 0. The van der Waals surface area contributed by atoms with Crippen LogP contribution < -0.4 is 5.32 Å². The van der Waals surface area contributed by atoms with E-state index in [1.165, 1.54) is 12.1 Å². The Hall–Kier alpha value is -0.580. The third-order valence-corrected chi connectivity index (χ3v) is 3.72. The molecule has 2 atom stereocenters. The largest absolute Gasteiger partial charge is 0.395 e.